The molecule has 0 heterocycles. The molecule has 1 fully saturated rings. The van der Waals surface area contributed by atoms with Gasteiger partial charge in [0, 0.05) is 20.2 Å². The minimum Gasteiger partial charge on any atom is -0.382 e. The van der Waals surface area contributed by atoms with Crippen LogP contribution < -0.4 is 5.32 Å². The summed E-state index contributed by atoms with van der Waals surface area (Å²) in [6.07, 6.45) is 6.95. The second-order valence-corrected chi connectivity index (χ2v) is 4.84. The zero-order valence-electron chi connectivity index (χ0n) is 10.9. The lowest BCUT2D eigenvalue weighted by Crippen LogP contribution is -2.33. The highest BCUT2D eigenvalue weighted by Crippen LogP contribution is 2.40. The van der Waals surface area contributed by atoms with Gasteiger partial charge in [0.15, 0.2) is 0 Å². The molecule has 1 rings (SSSR count). The summed E-state index contributed by atoms with van der Waals surface area (Å²) in [5.74, 6) is 0. The second kappa shape index (κ2) is 8.04. The van der Waals surface area contributed by atoms with Crippen LogP contribution in [-0.4, -0.2) is 40.0 Å². The standard InChI is InChI=1S/C13H27NO2/c1-3-13(6-4-5-7-13)12-14-8-9-16-11-10-15-2/h14H,3-12H2,1-2H3. The maximum Gasteiger partial charge on any atom is 0.0700 e. The molecular weight excluding hydrogens is 202 g/mol. The quantitative estimate of drug-likeness (QED) is 0.615. The molecule has 0 aromatic rings. The first-order valence-corrected chi connectivity index (χ1v) is 6.60. The molecule has 0 radical (unpaired) electrons. The Labute approximate surface area is 99.9 Å². The Bertz CT molecular complexity index is 167. The lowest BCUT2D eigenvalue weighted by Gasteiger charge is -2.27. The van der Waals surface area contributed by atoms with Gasteiger partial charge in [0.05, 0.1) is 19.8 Å². The van der Waals surface area contributed by atoms with Crippen LogP contribution >= 0.6 is 0 Å². The number of methoxy groups -OCH3 is 1. The van der Waals surface area contributed by atoms with Gasteiger partial charge in [-0.15, -0.1) is 0 Å². The molecule has 3 heteroatoms. The third-order valence-electron chi connectivity index (χ3n) is 3.77. The van der Waals surface area contributed by atoms with Gasteiger partial charge in [-0.25, -0.2) is 0 Å². The molecule has 0 aliphatic heterocycles. The van der Waals surface area contributed by atoms with E-state index < -0.39 is 0 Å². The smallest absolute Gasteiger partial charge is 0.0700 e. The minimum absolute atomic E-state index is 0.590. The Morgan fingerprint density at radius 2 is 1.88 bits per heavy atom. The van der Waals surface area contributed by atoms with Crippen LogP contribution in [0.3, 0.4) is 0 Å². The average molecular weight is 229 g/mol. The number of hydrogen-bond donors (Lipinski definition) is 1. The van der Waals surface area contributed by atoms with E-state index in [9.17, 15) is 0 Å². The van der Waals surface area contributed by atoms with Crippen LogP contribution in [0.2, 0.25) is 0 Å². The van der Waals surface area contributed by atoms with E-state index in [-0.39, 0.29) is 0 Å². The molecule has 0 aromatic carbocycles. The van der Waals surface area contributed by atoms with Gasteiger partial charge in [-0.05, 0) is 24.7 Å². The Morgan fingerprint density at radius 1 is 1.12 bits per heavy atom. The molecule has 0 spiro atoms. The summed E-state index contributed by atoms with van der Waals surface area (Å²) in [6.45, 7) is 6.64. The summed E-state index contributed by atoms with van der Waals surface area (Å²) >= 11 is 0. The van der Waals surface area contributed by atoms with Crippen molar-refractivity contribution in [1.82, 2.24) is 5.32 Å². The predicted molar refractivity (Wildman–Crippen MR) is 66.8 cm³/mol. The first-order chi connectivity index (χ1) is 7.83. The van der Waals surface area contributed by atoms with Crippen LogP contribution in [-0.2, 0) is 9.47 Å². The fourth-order valence-corrected chi connectivity index (χ4v) is 2.52. The molecule has 1 saturated carbocycles. The SMILES string of the molecule is CCC1(CNCCOCCOC)CCCC1. The van der Waals surface area contributed by atoms with E-state index in [1.165, 1.54) is 32.1 Å². The Hall–Kier alpha value is -0.120. The number of nitrogens with one attached hydrogen (secondary N) is 1. The lowest BCUT2D eigenvalue weighted by molar-refractivity contribution is 0.0707. The van der Waals surface area contributed by atoms with Crippen LogP contribution in [0.15, 0.2) is 0 Å². The number of rotatable bonds is 9. The van der Waals surface area contributed by atoms with Crippen LogP contribution in [0.1, 0.15) is 39.0 Å². The molecule has 0 saturated heterocycles. The van der Waals surface area contributed by atoms with E-state index in [2.05, 4.69) is 12.2 Å². The summed E-state index contributed by atoms with van der Waals surface area (Å²) in [4.78, 5) is 0. The first-order valence-electron chi connectivity index (χ1n) is 6.60. The summed E-state index contributed by atoms with van der Waals surface area (Å²) in [7, 11) is 1.70. The molecule has 16 heavy (non-hydrogen) atoms. The van der Waals surface area contributed by atoms with Crippen molar-refractivity contribution in [3.05, 3.63) is 0 Å². The van der Waals surface area contributed by atoms with E-state index >= 15 is 0 Å². The van der Waals surface area contributed by atoms with Gasteiger partial charge in [0.1, 0.15) is 0 Å². The normalized spacial score (nSPS) is 19.1. The van der Waals surface area contributed by atoms with Crippen LogP contribution in [0.4, 0.5) is 0 Å². The van der Waals surface area contributed by atoms with E-state index in [0.717, 1.165) is 19.7 Å². The van der Waals surface area contributed by atoms with Gasteiger partial charge in [0.2, 0.25) is 0 Å². The minimum atomic E-state index is 0.590. The second-order valence-electron chi connectivity index (χ2n) is 4.84. The van der Waals surface area contributed by atoms with Crippen molar-refractivity contribution < 1.29 is 9.47 Å². The zero-order valence-corrected chi connectivity index (χ0v) is 10.9. The van der Waals surface area contributed by atoms with Crippen LogP contribution in [0.5, 0.6) is 0 Å². The highest BCUT2D eigenvalue weighted by atomic mass is 16.5. The van der Waals surface area contributed by atoms with Gasteiger partial charge in [-0.2, -0.15) is 0 Å². The van der Waals surface area contributed by atoms with Crippen molar-refractivity contribution in [2.45, 2.75) is 39.0 Å². The largest absolute Gasteiger partial charge is 0.382 e. The molecule has 0 aromatic heterocycles. The van der Waals surface area contributed by atoms with Crippen molar-refractivity contribution in [3.63, 3.8) is 0 Å². The van der Waals surface area contributed by atoms with E-state index in [1.54, 1.807) is 7.11 Å². The third-order valence-corrected chi connectivity index (χ3v) is 3.77. The van der Waals surface area contributed by atoms with E-state index in [4.69, 9.17) is 9.47 Å². The summed E-state index contributed by atoms with van der Waals surface area (Å²) in [5.41, 5.74) is 0.590. The zero-order chi connectivity index (χ0) is 11.7. The third kappa shape index (κ3) is 4.81. The molecule has 0 atom stereocenters. The van der Waals surface area contributed by atoms with E-state index in [0.29, 0.717) is 18.6 Å². The Morgan fingerprint density at radius 3 is 2.50 bits per heavy atom. The molecule has 0 bridgehead atoms. The van der Waals surface area contributed by atoms with Crippen LogP contribution in [0.25, 0.3) is 0 Å². The number of ether oxygens (including phenoxy) is 2. The van der Waals surface area contributed by atoms with Crippen LogP contribution in [0, 0.1) is 5.41 Å². The molecule has 1 N–H and O–H groups in total. The Kier molecular flexibility index (Phi) is 7.01. The summed E-state index contributed by atoms with van der Waals surface area (Å²) < 4.78 is 10.3. The maximum atomic E-state index is 5.42. The van der Waals surface area contributed by atoms with Crippen molar-refractivity contribution in [2.24, 2.45) is 5.41 Å². The monoisotopic (exact) mass is 229 g/mol. The van der Waals surface area contributed by atoms with Crippen molar-refractivity contribution in [3.8, 4) is 0 Å². The predicted octanol–water partition coefficient (Wildman–Crippen LogP) is 2.21. The molecule has 0 amide bonds. The fourth-order valence-electron chi connectivity index (χ4n) is 2.52. The summed E-state index contributed by atoms with van der Waals surface area (Å²) in [6, 6.07) is 0. The Balaban J connectivity index is 1.97. The molecule has 96 valence electrons. The molecule has 1 aliphatic carbocycles. The maximum absolute atomic E-state index is 5.42. The highest BCUT2D eigenvalue weighted by molar-refractivity contribution is 4.85. The topological polar surface area (TPSA) is 30.5 Å². The van der Waals surface area contributed by atoms with Gasteiger partial charge < -0.3 is 14.8 Å². The first kappa shape index (κ1) is 13.9. The molecule has 3 nitrogen and oxygen atoms in total. The van der Waals surface area contributed by atoms with Crippen molar-refractivity contribution in [2.75, 3.05) is 40.0 Å². The van der Waals surface area contributed by atoms with Gasteiger partial charge in [-0.3, -0.25) is 0 Å². The van der Waals surface area contributed by atoms with Gasteiger partial charge in [-0.1, -0.05) is 19.8 Å². The number of hydrogen-bond acceptors (Lipinski definition) is 3. The highest BCUT2D eigenvalue weighted by Gasteiger charge is 2.31. The molecule has 0 unspecified atom stereocenters. The molecular formula is C13H27NO2. The van der Waals surface area contributed by atoms with E-state index in [1.807, 2.05) is 0 Å². The molecule has 1 aliphatic rings. The average Bonchev–Trinajstić information content (AvgIpc) is 2.77. The lowest BCUT2D eigenvalue weighted by atomic mass is 9.83. The van der Waals surface area contributed by atoms with Gasteiger partial charge in [0.25, 0.3) is 0 Å². The summed E-state index contributed by atoms with van der Waals surface area (Å²) in [5, 5.41) is 3.53. The van der Waals surface area contributed by atoms with Crippen molar-refractivity contribution in [1.29, 1.82) is 0 Å². The van der Waals surface area contributed by atoms with Crippen molar-refractivity contribution >= 4 is 0 Å². The fraction of sp³-hybridized carbons (Fsp3) is 1.00. The van der Waals surface area contributed by atoms with Gasteiger partial charge >= 0.3 is 0 Å².